The Morgan fingerprint density at radius 3 is 2.88 bits per heavy atom. The number of hydrogen-bond acceptors (Lipinski definition) is 7. The Hall–Kier alpha value is -3.47. The van der Waals surface area contributed by atoms with Crippen molar-refractivity contribution in [3.05, 3.63) is 47.5 Å². The van der Waals surface area contributed by atoms with Crippen LogP contribution >= 0.6 is 0 Å². The highest BCUT2D eigenvalue weighted by Gasteiger charge is 2.28. The van der Waals surface area contributed by atoms with Crippen molar-refractivity contribution in [1.29, 1.82) is 0 Å². The number of amidine groups is 1. The number of carbonyl (C=O) groups excluding carboxylic acids is 1. The molecule has 5 rings (SSSR count). The lowest BCUT2D eigenvalue weighted by Gasteiger charge is -2.33. The molecule has 11 heteroatoms. The molecule has 3 aliphatic rings. The number of carbonyl (C=O) groups is 1. The van der Waals surface area contributed by atoms with E-state index < -0.39 is 10.2 Å². The van der Waals surface area contributed by atoms with Gasteiger partial charge in [-0.15, -0.1) is 4.40 Å². The average molecular weight is 473 g/mol. The number of piperidine rings is 1. The molecule has 0 unspecified atom stereocenters. The number of anilines is 1. The van der Waals surface area contributed by atoms with E-state index in [1.54, 1.807) is 36.4 Å². The summed E-state index contributed by atoms with van der Waals surface area (Å²) >= 11 is 0. The minimum atomic E-state index is -3.85. The minimum Gasteiger partial charge on any atom is -0.492 e. The van der Waals surface area contributed by atoms with E-state index in [9.17, 15) is 13.2 Å². The van der Waals surface area contributed by atoms with Crippen molar-refractivity contribution >= 4 is 27.6 Å². The second-order valence-corrected chi connectivity index (χ2v) is 9.50. The predicted octanol–water partition coefficient (Wildman–Crippen LogP) is 1.76. The van der Waals surface area contributed by atoms with Gasteiger partial charge in [-0.2, -0.15) is 8.42 Å². The van der Waals surface area contributed by atoms with E-state index in [0.717, 1.165) is 12.8 Å². The molecule has 1 fully saturated rings. The van der Waals surface area contributed by atoms with Crippen molar-refractivity contribution < 1.29 is 27.4 Å². The molecule has 2 aromatic carbocycles. The maximum Gasteiger partial charge on any atom is 0.344 e. The summed E-state index contributed by atoms with van der Waals surface area (Å²) in [4.78, 5) is 14.9. The standard InChI is InChI=1S/C22H24N4O6S/c23-21-20-16(24-33(28,29)25-21)4-1-5-18(20)32-13-14-3-2-8-26(12-14)22(27)15-6-7-17-19(11-15)31-10-9-30-17/h1,4-7,11,14,24H,2-3,8-10,12-13H2,(H2,23,25)/t14-/m0/s1. The van der Waals surface area contributed by atoms with Crippen LogP contribution in [-0.4, -0.2) is 58.0 Å². The summed E-state index contributed by atoms with van der Waals surface area (Å²) in [5.41, 5.74) is 7.20. The van der Waals surface area contributed by atoms with Gasteiger partial charge in [0.25, 0.3) is 5.91 Å². The lowest BCUT2D eigenvalue weighted by Crippen LogP contribution is -2.41. The van der Waals surface area contributed by atoms with Gasteiger partial charge in [0, 0.05) is 24.6 Å². The molecule has 10 nitrogen and oxygen atoms in total. The Morgan fingerprint density at radius 1 is 1.21 bits per heavy atom. The highest BCUT2D eigenvalue weighted by molar-refractivity contribution is 7.91. The number of hydrogen-bond donors (Lipinski definition) is 2. The molecular weight excluding hydrogens is 448 g/mol. The maximum absolute atomic E-state index is 13.1. The molecular formula is C22H24N4O6S. The second kappa shape index (κ2) is 8.47. The number of amides is 1. The molecule has 0 bridgehead atoms. The molecule has 1 saturated heterocycles. The van der Waals surface area contributed by atoms with Crippen LogP contribution in [0.4, 0.5) is 5.69 Å². The van der Waals surface area contributed by atoms with Crippen molar-refractivity contribution in [3.8, 4) is 17.2 Å². The van der Waals surface area contributed by atoms with Crippen LogP contribution in [0.5, 0.6) is 17.2 Å². The van der Waals surface area contributed by atoms with Crippen LogP contribution in [0.2, 0.25) is 0 Å². The summed E-state index contributed by atoms with van der Waals surface area (Å²) in [5.74, 6) is 1.64. The number of likely N-dealkylation sites (tertiary alicyclic amines) is 1. The molecule has 1 atom stereocenters. The van der Waals surface area contributed by atoms with Gasteiger partial charge in [0.05, 0.1) is 17.9 Å². The van der Waals surface area contributed by atoms with Gasteiger partial charge in [0.15, 0.2) is 17.3 Å². The zero-order chi connectivity index (χ0) is 23.0. The third kappa shape index (κ3) is 4.40. The van der Waals surface area contributed by atoms with E-state index in [2.05, 4.69) is 9.12 Å². The van der Waals surface area contributed by atoms with Crippen molar-refractivity contribution in [2.45, 2.75) is 12.8 Å². The van der Waals surface area contributed by atoms with Gasteiger partial charge in [-0.3, -0.25) is 9.52 Å². The Morgan fingerprint density at radius 2 is 2.03 bits per heavy atom. The van der Waals surface area contributed by atoms with Crippen LogP contribution in [0.25, 0.3) is 0 Å². The molecule has 3 aliphatic heterocycles. The normalized spacial score (nSPS) is 20.8. The van der Waals surface area contributed by atoms with Crippen molar-refractivity contribution in [1.82, 2.24) is 4.90 Å². The SMILES string of the molecule is NC1=NS(=O)(=O)Nc2cccc(OC[C@H]3CCCN(C(=O)c4ccc5c(c4)OCCO5)C3)c21. The molecule has 3 N–H and O–H groups in total. The topological polar surface area (TPSA) is 133 Å². The van der Waals surface area contributed by atoms with Gasteiger partial charge in [-0.05, 0) is 43.2 Å². The average Bonchev–Trinajstić information content (AvgIpc) is 2.81. The lowest BCUT2D eigenvalue weighted by molar-refractivity contribution is 0.0632. The minimum absolute atomic E-state index is 0.0560. The number of benzene rings is 2. The maximum atomic E-state index is 13.1. The van der Waals surface area contributed by atoms with Crippen LogP contribution in [0.1, 0.15) is 28.8 Å². The van der Waals surface area contributed by atoms with E-state index in [4.69, 9.17) is 19.9 Å². The summed E-state index contributed by atoms with van der Waals surface area (Å²) in [7, 11) is -3.85. The van der Waals surface area contributed by atoms with Crippen LogP contribution in [-0.2, 0) is 10.2 Å². The summed E-state index contributed by atoms with van der Waals surface area (Å²) in [6, 6.07) is 10.3. The first-order valence-corrected chi connectivity index (χ1v) is 12.2. The fraction of sp³-hybridized carbons (Fsp3) is 0.364. The van der Waals surface area contributed by atoms with Crippen LogP contribution in [0.15, 0.2) is 40.8 Å². The van der Waals surface area contributed by atoms with E-state index in [1.165, 1.54) is 0 Å². The largest absolute Gasteiger partial charge is 0.492 e. The molecule has 0 aliphatic carbocycles. The van der Waals surface area contributed by atoms with E-state index in [1.807, 2.05) is 4.90 Å². The molecule has 33 heavy (non-hydrogen) atoms. The summed E-state index contributed by atoms with van der Waals surface area (Å²) in [5, 5.41) is 0. The highest BCUT2D eigenvalue weighted by Crippen LogP contribution is 2.33. The Balaban J connectivity index is 1.26. The monoisotopic (exact) mass is 472 g/mol. The molecule has 0 radical (unpaired) electrons. The summed E-state index contributed by atoms with van der Waals surface area (Å²) in [6.45, 7) is 2.56. The molecule has 2 aromatic rings. The third-order valence-corrected chi connectivity index (χ3v) is 6.72. The fourth-order valence-corrected chi connectivity index (χ4v) is 5.13. The summed E-state index contributed by atoms with van der Waals surface area (Å²) < 4.78 is 46.6. The van der Waals surface area contributed by atoms with Crippen LogP contribution in [0.3, 0.4) is 0 Å². The Labute approximate surface area is 191 Å². The number of nitrogens with one attached hydrogen (secondary N) is 1. The van der Waals surface area contributed by atoms with Crippen molar-refractivity contribution in [2.24, 2.45) is 16.0 Å². The zero-order valence-electron chi connectivity index (χ0n) is 17.8. The molecule has 0 spiro atoms. The van der Waals surface area contributed by atoms with E-state index in [0.29, 0.717) is 67.0 Å². The Kier molecular flexibility index (Phi) is 5.49. The number of fused-ring (bicyclic) bond motifs is 2. The Bertz CT molecular complexity index is 1230. The first-order chi connectivity index (χ1) is 15.9. The van der Waals surface area contributed by atoms with Crippen molar-refractivity contribution in [3.63, 3.8) is 0 Å². The third-order valence-electron chi connectivity index (χ3n) is 5.81. The van der Waals surface area contributed by atoms with Gasteiger partial charge in [0.2, 0.25) is 0 Å². The number of ether oxygens (including phenoxy) is 3. The van der Waals surface area contributed by atoms with Crippen LogP contribution in [0, 0.1) is 5.92 Å². The number of nitrogens with two attached hydrogens (primary N) is 1. The van der Waals surface area contributed by atoms with Crippen LogP contribution < -0.4 is 24.7 Å². The molecule has 0 saturated carbocycles. The predicted molar refractivity (Wildman–Crippen MR) is 121 cm³/mol. The van der Waals surface area contributed by atoms with E-state index >= 15 is 0 Å². The first kappa shape index (κ1) is 21.4. The van der Waals surface area contributed by atoms with Gasteiger partial charge in [-0.25, -0.2) is 0 Å². The van der Waals surface area contributed by atoms with Gasteiger partial charge in [0.1, 0.15) is 19.0 Å². The smallest absolute Gasteiger partial charge is 0.344 e. The second-order valence-electron chi connectivity index (χ2n) is 8.16. The van der Waals surface area contributed by atoms with Gasteiger partial charge >= 0.3 is 10.2 Å². The van der Waals surface area contributed by atoms with E-state index in [-0.39, 0.29) is 17.7 Å². The number of rotatable bonds is 4. The lowest BCUT2D eigenvalue weighted by atomic mass is 9.98. The fourth-order valence-electron chi connectivity index (χ4n) is 4.29. The first-order valence-electron chi connectivity index (χ1n) is 10.7. The zero-order valence-corrected chi connectivity index (χ0v) is 18.6. The highest BCUT2D eigenvalue weighted by atomic mass is 32.2. The van der Waals surface area contributed by atoms with Gasteiger partial charge < -0.3 is 24.8 Å². The molecule has 174 valence electrons. The molecule has 0 aromatic heterocycles. The van der Waals surface area contributed by atoms with Gasteiger partial charge in [-0.1, -0.05) is 6.07 Å². The molecule has 3 heterocycles. The summed E-state index contributed by atoms with van der Waals surface area (Å²) in [6.07, 6.45) is 1.77. The quantitative estimate of drug-likeness (QED) is 0.693. The molecule has 1 amide bonds. The van der Waals surface area contributed by atoms with Crippen molar-refractivity contribution in [2.75, 3.05) is 37.6 Å². The number of nitrogens with zero attached hydrogens (tertiary/aromatic N) is 2.